The predicted octanol–water partition coefficient (Wildman–Crippen LogP) is 2.53. The van der Waals surface area contributed by atoms with Gasteiger partial charge in [-0.3, -0.25) is 0 Å². The zero-order valence-electron chi connectivity index (χ0n) is 9.38. The zero-order valence-corrected chi connectivity index (χ0v) is 9.38. The van der Waals surface area contributed by atoms with Gasteiger partial charge >= 0.3 is 0 Å². The number of aliphatic hydroxyl groups excluding tert-OH is 1. The van der Waals surface area contributed by atoms with E-state index < -0.39 is 0 Å². The quantitative estimate of drug-likeness (QED) is 0.831. The van der Waals surface area contributed by atoms with E-state index in [-0.39, 0.29) is 17.8 Å². The third-order valence-corrected chi connectivity index (χ3v) is 2.07. The average Bonchev–Trinajstić information content (AvgIpc) is 2.14. The molecule has 0 radical (unpaired) electrons. The molecule has 3 heteroatoms. The maximum absolute atomic E-state index is 13.0. The summed E-state index contributed by atoms with van der Waals surface area (Å²) in [6.07, 6.45) is 0. The highest BCUT2D eigenvalue weighted by molar-refractivity contribution is 5.28. The van der Waals surface area contributed by atoms with Crippen LogP contribution in [0.1, 0.15) is 19.4 Å². The first-order chi connectivity index (χ1) is 6.93. The number of benzene rings is 1. The summed E-state index contributed by atoms with van der Waals surface area (Å²) in [5, 5.41) is 9.03. The van der Waals surface area contributed by atoms with Crippen molar-refractivity contribution in [1.82, 2.24) is 0 Å². The number of hydrogen-bond donors (Lipinski definition) is 1. The van der Waals surface area contributed by atoms with Gasteiger partial charge in [0.1, 0.15) is 11.6 Å². The molecule has 0 unspecified atom stereocenters. The third kappa shape index (κ3) is 3.88. The molecule has 0 saturated heterocycles. The third-order valence-electron chi connectivity index (χ3n) is 2.07. The van der Waals surface area contributed by atoms with Gasteiger partial charge in [0.25, 0.3) is 0 Å². The van der Waals surface area contributed by atoms with Crippen molar-refractivity contribution in [3.8, 4) is 5.75 Å². The topological polar surface area (TPSA) is 29.5 Å². The molecular weight excluding hydrogens is 195 g/mol. The van der Waals surface area contributed by atoms with E-state index in [9.17, 15) is 4.39 Å². The van der Waals surface area contributed by atoms with E-state index in [1.807, 2.05) is 20.8 Å². The SMILES string of the molecule is Cc1cc(F)cc(OCC(C)(C)CO)c1. The van der Waals surface area contributed by atoms with Crippen LogP contribution in [0.4, 0.5) is 4.39 Å². The van der Waals surface area contributed by atoms with Crippen molar-refractivity contribution < 1.29 is 14.2 Å². The van der Waals surface area contributed by atoms with Crippen molar-refractivity contribution in [2.24, 2.45) is 5.41 Å². The second-order valence-electron chi connectivity index (χ2n) is 4.58. The minimum atomic E-state index is -0.305. The van der Waals surface area contributed by atoms with E-state index in [2.05, 4.69) is 0 Å². The molecule has 0 amide bonds. The van der Waals surface area contributed by atoms with Gasteiger partial charge in [-0.1, -0.05) is 13.8 Å². The van der Waals surface area contributed by atoms with Gasteiger partial charge in [-0.05, 0) is 24.6 Å². The van der Waals surface area contributed by atoms with Crippen LogP contribution < -0.4 is 4.74 Å². The normalized spacial score (nSPS) is 11.5. The van der Waals surface area contributed by atoms with Gasteiger partial charge in [0, 0.05) is 11.5 Å². The van der Waals surface area contributed by atoms with Crippen LogP contribution in [-0.4, -0.2) is 18.3 Å². The Morgan fingerprint density at radius 1 is 1.33 bits per heavy atom. The van der Waals surface area contributed by atoms with E-state index in [1.165, 1.54) is 12.1 Å². The van der Waals surface area contributed by atoms with E-state index >= 15 is 0 Å². The number of halogens is 1. The van der Waals surface area contributed by atoms with E-state index in [4.69, 9.17) is 9.84 Å². The van der Waals surface area contributed by atoms with Crippen molar-refractivity contribution in [3.05, 3.63) is 29.6 Å². The molecule has 1 rings (SSSR count). The molecule has 0 aliphatic heterocycles. The average molecular weight is 212 g/mol. The molecular formula is C12H17FO2. The van der Waals surface area contributed by atoms with Crippen molar-refractivity contribution in [2.75, 3.05) is 13.2 Å². The van der Waals surface area contributed by atoms with Gasteiger partial charge in [-0.15, -0.1) is 0 Å². The largest absolute Gasteiger partial charge is 0.493 e. The molecule has 1 aromatic carbocycles. The number of aliphatic hydroxyl groups is 1. The van der Waals surface area contributed by atoms with Gasteiger partial charge in [-0.2, -0.15) is 0 Å². The smallest absolute Gasteiger partial charge is 0.127 e. The van der Waals surface area contributed by atoms with Crippen molar-refractivity contribution >= 4 is 0 Å². The van der Waals surface area contributed by atoms with Crippen LogP contribution in [0.15, 0.2) is 18.2 Å². The highest BCUT2D eigenvalue weighted by Gasteiger charge is 2.17. The minimum Gasteiger partial charge on any atom is -0.493 e. The summed E-state index contributed by atoms with van der Waals surface area (Å²) in [7, 11) is 0. The Balaban J connectivity index is 2.65. The molecule has 15 heavy (non-hydrogen) atoms. The lowest BCUT2D eigenvalue weighted by Gasteiger charge is -2.21. The first kappa shape index (κ1) is 12.0. The fourth-order valence-electron chi connectivity index (χ4n) is 1.11. The highest BCUT2D eigenvalue weighted by atomic mass is 19.1. The maximum atomic E-state index is 13.0. The number of aryl methyl sites for hydroxylation is 1. The lowest BCUT2D eigenvalue weighted by Crippen LogP contribution is -2.25. The summed E-state index contributed by atoms with van der Waals surface area (Å²) in [4.78, 5) is 0. The molecule has 0 aliphatic rings. The second kappa shape index (κ2) is 4.62. The Hall–Kier alpha value is -1.09. The summed E-state index contributed by atoms with van der Waals surface area (Å²) < 4.78 is 18.4. The van der Waals surface area contributed by atoms with E-state index in [1.54, 1.807) is 6.07 Å². The fourth-order valence-corrected chi connectivity index (χ4v) is 1.11. The first-order valence-electron chi connectivity index (χ1n) is 4.94. The van der Waals surface area contributed by atoms with Crippen LogP contribution in [0.5, 0.6) is 5.75 Å². The van der Waals surface area contributed by atoms with Crippen LogP contribution >= 0.6 is 0 Å². The first-order valence-corrected chi connectivity index (χ1v) is 4.94. The lowest BCUT2D eigenvalue weighted by atomic mass is 9.96. The highest BCUT2D eigenvalue weighted by Crippen LogP contribution is 2.20. The Bertz CT molecular complexity index is 314. The molecule has 84 valence electrons. The summed E-state index contributed by atoms with van der Waals surface area (Å²) in [5.41, 5.74) is 0.520. The summed E-state index contributed by atoms with van der Waals surface area (Å²) in [6.45, 7) is 6.00. The van der Waals surface area contributed by atoms with Gasteiger partial charge in [0.2, 0.25) is 0 Å². The molecule has 0 saturated carbocycles. The molecule has 0 bridgehead atoms. The Labute approximate surface area is 89.7 Å². The van der Waals surface area contributed by atoms with Crippen LogP contribution in [0.3, 0.4) is 0 Å². The standard InChI is InChI=1S/C12H17FO2/c1-9-4-10(13)6-11(5-9)15-8-12(2,3)7-14/h4-6,14H,7-8H2,1-3H3. The summed E-state index contributed by atoms with van der Waals surface area (Å²) in [5.74, 6) is 0.209. The van der Waals surface area contributed by atoms with Crippen molar-refractivity contribution in [1.29, 1.82) is 0 Å². The van der Waals surface area contributed by atoms with Crippen molar-refractivity contribution in [2.45, 2.75) is 20.8 Å². The Morgan fingerprint density at radius 3 is 2.53 bits per heavy atom. The Kier molecular flexibility index (Phi) is 3.69. The number of ether oxygens (including phenoxy) is 1. The number of rotatable bonds is 4. The zero-order chi connectivity index (χ0) is 11.5. The maximum Gasteiger partial charge on any atom is 0.127 e. The molecule has 0 aliphatic carbocycles. The van der Waals surface area contributed by atoms with Crippen LogP contribution in [0.2, 0.25) is 0 Å². The predicted molar refractivity (Wildman–Crippen MR) is 57.5 cm³/mol. The molecule has 0 atom stereocenters. The molecule has 0 aromatic heterocycles. The van der Waals surface area contributed by atoms with Crippen LogP contribution in [0, 0.1) is 18.2 Å². The van der Waals surface area contributed by atoms with Gasteiger partial charge in [0.15, 0.2) is 0 Å². The van der Waals surface area contributed by atoms with Gasteiger partial charge < -0.3 is 9.84 Å². The molecule has 0 fully saturated rings. The molecule has 1 N–H and O–H groups in total. The van der Waals surface area contributed by atoms with E-state index in [0.717, 1.165) is 5.56 Å². The number of hydrogen-bond acceptors (Lipinski definition) is 2. The monoisotopic (exact) mass is 212 g/mol. The van der Waals surface area contributed by atoms with Crippen LogP contribution in [0.25, 0.3) is 0 Å². The lowest BCUT2D eigenvalue weighted by molar-refractivity contribution is 0.0973. The molecule has 1 aromatic rings. The van der Waals surface area contributed by atoms with Gasteiger partial charge in [-0.25, -0.2) is 4.39 Å². The summed E-state index contributed by atoms with van der Waals surface area (Å²) in [6, 6.07) is 4.57. The van der Waals surface area contributed by atoms with Gasteiger partial charge in [0.05, 0.1) is 13.2 Å². The minimum absolute atomic E-state index is 0.0430. The van der Waals surface area contributed by atoms with Crippen LogP contribution in [-0.2, 0) is 0 Å². The molecule has 2 nitrogen and oxygen atoms in total. The molecule has 0 spiro atoms. The fraction of sp³-hybridized carbons (Fsp3) is 0.500. The Morgan fingerprint density at radius 2 is 2.00 bits per heavy atom. The summed E-state index contributed by atoms with van der Waals surface area (Å²) >= 11 is 0. The van der Waals surface area contributed by atoms with Crippen molar-refractivity contribution in [3.63, 3.8) is 0 Å². The van der Waals surface area contributed by atoms with E-state index in [0.29, 0.717) is 12.4 Å². The second-order valence-corrected chi connectivity index (χ2v) is 4.58. The molecule has 0 heterocycles.